The number of benzene rings is 3. The number of rotatable bonds is 6. The molecule has 0 atom stereocenters. The van der Waals surface area contributed by atoms with E-state index in [0.717, 1.165) is 57.6 Å². The molecule has 0 unspecified atom stereocenters. The van der Waals surface area contributed by atoms with Crippen molar-refractivity contribution in [1.82, 2.24) is 9.97 Å². The smallest absolute Gasteiger partial charge is 0.227 e. The van der Waals surface area contributed by atoms with Gasteiger partial charge in [-0.2, -0.15) is 0 Å². The number of nitrogens with zero attached hydrogens (tertiary/aromatic N) is 2. The van der Waals surface area contributed by atoms with Crippen LogP contribution in [0.1, 0.15) is 71.4 Å². The quantitative estimate of drug-likeness (QED) is 0.250. The Hall–Kier alpha value is -3.40. The average Bonchev–Trinajstić information content (AvgIpc) is 3.47. The van der Waals surface area contributed by atoms with Crippen LogP contribution >= 0.6 is 0 Å². The lowest BCUT2D eigenvalue weighted by atomic mass is 9.79. The fourth-order valence-corrected chi connectivity index (χ4v) is 4.52. The number of oxazole rings is 2. The van der Waals surface area contributed by atoms with Crippen LogP contribution in [0.2, 0.25) is 0 Å². The minimum absolute atomic E-state index is 0.0861. The maximum atomic E-state index is 6.23. The molecular weight excluding hydrogens is 432 g/mol. The first-order valence-corrected chi connectivity index (χ1v) is 12.5. The van der Waals surface area contributed by atoms with Gasteiger partial charge in [-0.05, 0) is 83.8 Å². The molecule has 0 aliphatic heterocycles. The van der Waals surface area contributed by atoms with Crippen molar-refractivity contribution in [2.45, 2.75) is 72.1 Å². The Bertz CT molecular complexity index is 1530. The van der Waals surface area contributed by atoms with Gasteiger partial charge in [-0.15, -0.1) is 0 Å². The molecule has 5 rings (SSSR count). The lowest BCUT2D eigenvalue weighted by Gasteiger charge is -2.25. The van der Waals surface area contributed by atoms with E-state index in [1.54, 1.807) is 0 Å². The molecule has 0 radical (unpaired) electrons. The summed E-state index contributed by atoms with van der Waals surface area (Å²) in [5.74, 6) is 1.43. The summed E-state index contributed by atoms with van der Waals surface area (Å²) in [6, 6.07) is 18.9. The van der Waals surface area contributed by atoms with Gasteiger partial charge in [0.15, 0.2) is 11.2 Å². The van der Waals surface area contributed by atoms with Crippen molar-refractivity contribution < 1.29 is 8.83 Å². The SMILES string of the molecule is CCC(C)(C)c1nc2ccc(-c3ccc4nc(-c5ccc(C(C)(C)CC)c(C)c5)oc4c3)cc2o1. The summed E-state index contributed by atoms with van der Waals surface area (Å²) >= 11 is 0. The Labute approximate surface area is 207 Å². The molecule has 0 N–H and O–H groups in total. The fourth-order valence-electron chi connectivity index (χ4n) is 4.52. The van der Waals surface area contributed by atoms with Gasteiger partial charge in [0, 0.05) is 11.0 Å². The molecule has 2 aromatic heterocycles. The number of hydrogen-bond acceptors (Lipinski definition) is 4. The normalized spacial score (nSPS) is 12.7. The molecule has 0 bridgehead atoms. The van der Waals surface area contributed by atoms with Crippen molar-refractivity contribution >= 4 is 22.2 Å². The summed E-state index contributed by atoms with van der Waals surface area (Å²) in [6.45, 7) is 15.5. The zero-order valence-corrected chi connectivity index (χ0v) is 21.8. The number of hydrogen-bond donors (Lipinski definition) is 0. The summed E-state index contributed by atoms with van der Waals surface area (Å²) in [7, 11) is 0. The molecule has 0 saturated heterocycles. The lowest BCUT2D eigenvalue weighted by Crippen LogP contribution is -2.16. The molecule has 3 aromatic carbocycles. The minimum Gasteiger partial charge on any atom is -0.440 e. The summed E-state index contributed by atoms with van der Waals surface area (Å²) in [5.41, 5.74) is 9.16. The predicted octanol–water partition coefficient (Wildman–Crippen LogP) is 8.99. The standard InChI is InChI=1S/C31H34N2O2/c1-8-30(4,5)23-13-10-22(16-19(23)3)28-32-24-14-11-20(17-26(24)34-28)21-12-15-25-27(18-21)35-29(33-25)31(6,7)9-2/h10-18H,8-9H2,1-7H3. The van der Waals surface area contributed by atoms with E-state index < -0.39 is 0 Å². The molecular formula is C31H34N2O2. The third kappa shape index (κ3) is 4.16. The van der Waals surface area contributed by atoms with E-state index in [1.165, 1.54) is 11.1 Å². The summed E-state index contributed by atoms with van der Waals surface area (Å²) < 4.78 is 12.4. The molecule has 0 saturated carbocycles. The van der Waals surface area contributed by atoms with Gasteiger partial charge in [0.2, 0.25) is 11.8 Å². The van der Waals surface area contributed by atoms with Crippen molar-refractivity contribution in [1.29, 1.82) is 0 Å². The Morgan fingerprint density at radius 1 is 0.657 bits per heavy atom. The van der Waals surface area contributed by atoms with Crippen LogP contribution in [0, 0.1) is 6.92 Å². The van der Waals surface area contributed by atoms with Crippen LogP contribution in [0.4, 0.5) is 0 Å². The summed E-state index contributed by atoms with van der Waals surface area (Å²) in [5, 5.41) is 0. The summed E-state index contributed by atoms with van der Waals surface area (Å²) in [6.07, 6.45) is 2.06. The number of aryl methyl sites for hydroxylation is 1. The molecule has 0 spiro atoms. The Morgan fingerprint density at radius 3 is 1.83 bits per heavy atom. The summed E-state index contributed by atoms with van der Waals surface area (Å²) in [4.78, 5) is 9.48. The van der Waals surface area contributed by atoms with E-state index >= 15 is 0 Å². The Morgan fingerprint density at radius 2 is 1.23 bits per heavy atom. The van der Waals surface area contributed by atoms with Crippen LogP contribution in [-0.4, -0.2) is 9.97 Å². The van der Waals surface area contributed by atoms with Crippen molar-refractivity contribution in [3.63, 3.8) is 0 Å². The highest BCUT2D eigenvalue weighted by atomic mass is 16.4. The number of aromatic nitrogens is 2. The van der Waals surface area contributed by atoms with Gasteiger partial charge in [-0.3, -0.25) is 0 Å². The van der Waals surface area contributed by atoms with Crippen molar-refractivity contribution in [2.24, 2.45) is 0 Å². The molecule has 5 aromatic rings. The molecule has 0 fully saturated rings. The number of fused-ring (bicyclic) bond motifs is 2. The van der Waals surface area contributed by atoms with E-state index in [-0.39, 0.29) is 10.8 Å². The highest BCUT2D eigenvalue weighted by molar-refractivity contribution is 5.85. The van der Waals surface area contributed by atoms with Gasteiger partial charge in [0.1, 0.15) is 11.0 Å². The average molecular weight is 467 g/mol. The van der Waals surface area contributed by atoms with E-state index in [9.17, 15) is 0 Å². The Kier molecular flexibility index (Phi) is 5.58. The van der Waals surface area contributed by atoms with Gasteiger partial charge in [0.05, 0.1) is 0 Å². The van der Waals surface area contributed by atoms with Gasteiger partial charge in [0.25, 0.3) is 0 Å². The topological polar surface area (TPSA) is 52.1 Å². The predicted molar refractivity (Wildman–Crippen MR) is 144 cm³/mol. The zero-order valence-electron chi connectivity index (χ0n) is 21.8. The van der Waals surface area contributed by atoms with Crippen molar-refractivity contribution in [3.05, 3.63) is 71.6 Å². The third-order valence-electron chi connectivity index (χ3n) is 7.66. The van der Waals surface area contributed by atoms with Crippen LogP contribution in [0.15, 0.2) is 63.4 Å². The highest BCUT2D eigenvalue weighted by Gasteiger charge is 2.25. The zero-order chi connectivity index (χ0) is 25.0. The molecule has 0 aliphatic carbocycles. The first-order chi connectivity index (χ1) is 16.6. The fraction of sp³-hybridized carbons (Fsp3) is 0.355. The van der Waals surface area contributed by atoms with E-state index in [4.69, 9.17) is 18.8 Å². The molecule has 0 aliphatic rings. The van der Waals surface area contributed by atoms with Crippen molar-refractivity contribution in [3.8, 4) is 22.6 Å². The van der Waals surface area contributed by atoms with E-state index in [2.05, 4.69) is 90.9 Å². The van der Waals surface area contributed by atoms with Gasteiger partial charge < -0.3 is 8.83 Å². The molecule has 0 amide bonds. The third-order valence-corrected chi connectivity index (χ3v) is 7.66. The molecule has 35 heavy (non-hydrogen) atoms. The van der Waals surface area contributed by atoms with E-state index in [0.29, 0.717) is 5.89 Å². The monoisotopic (exact) mass is 466 g/mol. The first-order valence-electron chi connectivity index (χ1n) is 12.5. The first kappa shape index (κ1) is 23.3. The van der Waals surface area contributed by atoms with Crippen LogP contribution in [0.3, 0.4) is 0 Å². The minimum atomic E-state index is -0.0861. The van der Waals surface area contributed by atoms with Crippen LogP contribution in [-0.2, 0) is 10.8 Å². The Balaban J connectivity index is 1.49. The van der Waals surface area contributed by atoms with Crippen LogP contribution in [0.25, 0.3) is 44.8 Å². The molecule has 2 heterocycles. The molecule has 4 heteroatoms. The second-order valence-electron chi connectivity index (χ2n) is 10.9. The largest absolute Gasteiger partial charge is 0.440 e. The van der Waals surface area contributed by atoms with Crippen LogP contribution < -0.4 is 0 Å². The molecule has 4 nitrogen and oxygen atoms in total. The molecule has 180 valence electrons. The van der Waals surface area contributed by atoms with Gasteiger partial charge >= 0.3 is 0 Å². The maximum Gasteiger partial charge on any atom is 0.227 e. The van der Waals surface area contributed by atoms with E-state index in [1.807, 2.05) is 12.1 Å². The van der Waals surface area contributed by atoms with Gasteiger partial charge in [-0.25, -0.2) is 9.97 Å². The second kappa shape index (κ2) is 8.37. The highest BCUT2D eigenvalue weighted by Crippen LogP contribution is 2.35. The van der Waals surface area contributed by atoms with Crippen molar-refractivity contribution in [2.75, 3.05) is 0 Å². The maximum absolute atomic E-state index is 6.23. The lowest BCUT2D eigenvalue weighted by molar-refractivity contribution is 0.374. The van der Waals surface area contributed by atoms with Gasteiger partial charge in [-0.1, -0.05) is 59.7 Å². The second-order valence-corrected chi connectivity index (χ2v) is 10.9. The van der Waals surface area contributed by atoms with Crippen LogP contribution in [0.5, 0.6) is 0 Å².